The third-order valence-electron chi connectivity index (χ3n) is 4.26. The van der Waals surface area contributed by atoms with Gasteiger partial charge in [-0.25, -0.2) is 0 Å². The quantitative estimate of drug-likeness (QED) is 0.596. The van der Waals surface area contributed by atoms with E-state index < -0.39 is 0 Å². The Morgan fingerprint density at radius 3 is 2.07 bits per heavy atom. The van der Waals surface area contributed by atoms with E-state index in [1.54, 1.807) is 14.2 Å². The van der Waals surface area contributed by atoms with Gasteiger partial charge < -0.3 is 19.5 Å². The highest BCUT2D eigenvalue weighted by atomic mass is 16.5. The van der Waals surface area contributed by atoms with Gasteiger partial charge >= 0.3 is 0 Å². The lowest BCUT2D eigenvalue weighted by Gasteiger charge is -2.14. The number of benzene rings is 3. The Hall–Kier alpha value is -3.47. The zero-order valence-electron chi connectivity index (χ0n) is 16.0. The molecule has 1 amide bonds. The maximum atomic E-state index is 12.5. The normalized spacial score (nSPS) is 10.2. The van der Waals surface area contributed by atoms with E-state index in [4.69, 9.17) is 14.2 Å². The smallest absolute Gasteiger partial charge is 0.224 e. The van der Waals surface area contributed by atoms with Crippen LogP contribution in [-0.4, -0.2) is 20.1 Å². The van der Waals surface area contributed by atoms with Crippen LogP contribution in [0.5, 0.6) is 23.0 Å². The van der Waals surface area contributed by atoms with Crippen LogP contribution in [0.4, 0.5) is 5.69 Å². The lowest BCUT2D eigenvalue weighted by molar-refractivity contribution is -0.116. The second-order valence-electron chi connectivity index (χ2n) is 6.10. The molecule has 0 spiro atoms. The zero-order valence-corrected chi connectivity index (χ0v) is 16.0. The number of anilines is 1. The molecule has 0 aliphatic heterocycles. The van der Waals surface area contributed by atoms with E-state index in [0.717, 1.165) is 5.56 Å². The number of methoxy groups -OCH3 is 2. The van der Waals surface area contributed by atoms with Crippen LogP contribution >= 0.6 is 0 Å². The first kappa shape index (κ1) is 19.3. The van der Waals surface area contributed by atoms with E-state index in [1.165, 1.54) is 0 Å². The molecule has 28 heavy (non-hydrogen) atoms. The fourth-order valence-electron chi connectivity index (χ4n) is 2.90. The highest BCUT2D eigenvalue weighted by molar-refractivity contribution is 5.92. The summed E-state index contributed by atoms with van der Waals surface area (Å²) in [4.78, 5) is 12.5. The van der Waals surface area contributed by atoms with Crippen molar-refractivity contribution >= 4 is 11.6 Å². The summed E-state index contributed by atoms with van der Waals surface area (Å²) >= 11 is 0. The lowest BCUT2D eigenvalue weighted by atomic mass is 10.1. The molecule has 3 aromatic rings. The Balaban J connectivity index is 1.68. The van der Waals surface area contributed by atoms with Gasteiger partial charge in [0, 0.05) is 12.0 Å². The molecule has 0 bridgehead atoms. The van der Waals surface area contributed by atoms with E-state index in [9.17, 15) is 4.79 Å². The molecule has 5 nitrogen and oxygen atoms in total. The van der Waals surface area contributed by atoms with Crippen molar-refractivity contribution in [3.8, 4) is 23.0 Å². The number of para-hydroxylation sites is 3. The van der Waals surface area contributed by atoms with Crippen LogP contribution in [0.3, 0.4) is 0 Å². The molecule has 144 valence electrons. The Labute approximate surface area is 164 Å². The molecule has 5 heteroatoms. The molecule has 0 saturated carbocycles. The van der Waals surface area contributed by atoms with Crippen LogP contribution in [0.15, 0.2) is 72.8 Å². The van der Waals surface area contributed by atoms with Gasteiger partial charge in [-0.15, -0.1) is 0 Å². The Morgan fingerprint density at radius 1 is 0.786 bits per heavy atom. The second-order valence-corrected chi connectivity index (χ2v) is 6.10. The monoisotopic (exact) mass is 377 g/mol. The summed E-state index contributed by atoms with van der Waals surface area (Å²) in [6.07, 6.45) is 0.789. The van der Waals surface area contributed by atoms with Crippen molar-refractivity contribution < 1.29 is 19.0 Å². The Morgan fingerprint density at radius 2 is 1.39 bits per heavy atom. The number of nitrogens with one attached hydrogen (secondary N) is 1. The van der Waals surface area contributed by atoms with Crippen molar-refractivity contribution in [1.29, 1.82) is 0 Å². The fourth-order valence-corrected chi connectivity index (χ4v) is 2.90. The van der Waals surface area contributed by atoms with Gasteiger partial charge in [-0.05, 0) is 42.8 Å². The lowest BCUT2D eigenvalue weighted by Crippen LogP contribution is -2.13. The predicted molar refractivity (Wildman–Crippen MR) is 109 cm³/mol. The van der Waals surface area contributed by atoms with Gasteiger partial charge in [0.1, 0.15) is 17.2 Å². The molecular formula is C23H23NO4. The van der Waals surface area contributed by atoms with Crippen molar-refractivity contribution in [3.05, 3.63) is 78.4 Å². The first-order valence-corrected chi connectivity index (χ1v) is 9.03. The molecule has 0 atom stereocenters. The first-order valence-electron chi connectivity index (χ1n) is 9.03. The SMILES string of the molecule is COc1cccc(OC)c1CCC(=O)Nc1ccccc1Oc1ccccc1. The van der Waals surface area contributed by atoms with E-state index in [-0.39, 0.29) is 12.3 Å². The maximum absolute atomic E-state index is 12.5. The van der Waals surface area contributed by atoms with Crippen LogP contribution in [0.25, 0.3) is 0 Å². The molecule has 0 radical (unpaired) electrons. The number of amides is 1. The Bertz CT molecular complexity index is 903. The number of hydrogen-bond acceptors (Lipinski definition) is 4. The van der Waals surface area contributed by atoms with E-state index in [2.05, 4.69) is 5.32 Å². The highest BCUT2D eigenvalue weighted by Crippen LogP contribution is 2.31. The van der Waals surface area contributed by atoms with Gasteiger partial charge in [-0.1, -0.05) is 36.4 Å². The summed E-state index contributed by atoms with van der Waals surface area (Å²) in [5, 5.41) is 2.93. The molecule has 0 aromatic heterocycles. The van der Waals surface area contributed by atoms with Crippen LogP contribution in [0.2, 0.25) is 0 Å². The number of rotatable bonds is 8. The van der Waals surface area contributed by atoms with Crippen LogP contribution in [0.1, 0.15) is 12.0 Å². The minimum absolute atomic E-state index is 0.114. The summed E-state index contributed by atoms with van der Waals surface area (Å²) in [7, 11) is 3.21. The summed E-state index contributed by atoms with van der Waals surface area (Å²) < 4.78 is 16.7. The number of carbonyl (C=O) groups is 1. The molecule has 0 aliphatic rings. The number of carbonyl (C=O) groups excluding carboxylic acids is 1. The average molecular weight is 377 g/mol. The zero-order chi connectivity index (χ0) is 19.8. The largest absolute Gasteiger partial charge is 0.496 e. The highest BCUT2D eigenvalue weighted by Gasteiger charge is 2.13. The van der Waals surface area contributed by atoms with Gasteiger partial charge in [-0.2, -0.15) is 0 Å². The van der Waals surface area contributed by atoms with E-state index >= 15 is 0 Å². The molecule has 3 rings (SSSR count). The van der Waals surface area contributed by atoms with Gasteiger partial charge in [0.05, 0.1) is 19.9 Å². The van der Waals surface area contributed by atoms with Crippen molar-refractivity contribution in [2.24, 2.45) is 0 Å². The minimum atomic E-state index is -0.114. The Kier molecular flexibility index (Phi) is 6.52. The summed E-state index contributed by atoms with van der Waals surface area (Å²) in [6, 6.07) is 22.4. The molecule has 0 fully saturated rings. The van der Waals surface area contributed by atoms with Crippen LogP contribution < -0.4 is 19.5 Å². The first-order chi connectivity index (χ1) is 13.7. The van der Waals surface area contributed by atoms with Gasteiger partial charge in [0.2, 0.25) is 5.91 Å². The summed E-state index contributed by atoms with van der Waals surface area (Å²) in [5.41, 5.74) is 1.50. The second kappa shape index (κ2) is 9.46. The van der Waals surface area contributed by atoms with Crippen molar-refractivity contribution in [2.75, 3.05) is 19.5 Å². The van der Waals surface area contributed by atoms with E-state index in [1.807, 2.05) is 72.8 Å². The molecule has 3 aromatic carbocycles. The van der Waals surface area contributed by atoms with Crippen molar-refractivity contribution in [2.45, 2.75) is 12.8 Å². The minimum Gasteiger partial charge on any atom is -0.496 e. The molecule has 0 heterocycles. The third-order valence-corrected chi connectivity index (χ3v) is 4.26. The molecular weight excluding hydrogens is 354 g/mol. The fraction of sp³-hybridized carbons (Fsp3) is 0.174. The standard InChI is InChI=1S/C23H23NO4/c1-26-20-13-8-14-21(27-2)18(20)15-16-23(25)24-19-11-6-7-12-22(19)28-17-9-4-3-5-10-17/h3-14H,15-16H2,1-2H3,(H,24,25). The number of ether oxygens (including phenoxy) is 3. The molecule has 0 unspecified atom stereocenters. The summed E-state index contributed by atoms with van der Waals surface area (Å²) in [5.74, 6) is 2.61. The number of hydrogen-bond donors (Lipinski definition) is 1. The van der Waals surface area contributed by atoms with Crippen LogP contribution in [0, 0.1) is 0 Å². The van der Waals surface area contributed by atoms with Crippen molar-refractivity contribution in [3.63, 3.8) is 0 Å². The maximum Gasteiger partial charge on any atom is 0.224 e. The molecule has 0 aliphatic carbocycles. The van der Waals surface area contributed by atoms with Gasteiger partial charge in [0.15, 0.2) is 5.75 Å². The van der Waals surface area contributed by atoms with Gasteiger partial charge in [0.25, 0.3) is 0 Å². The third kappa shape index (κ3) is 4.82. The van der Waals surface area contributed by atoms with Gasteiger partial charge in [-0.3, -0.25) is 4.79 Å². The summed E-state index contributed by atoms with van der Waals surface area (Å²) in [6.45, 7) is 0. The average Bonchev–Trinajstić information content (AvgIpc) is 2.74. The van der Waals surface area contributed by atoms with E-state index in [0.29, 0.717) is 35.1 Å². The van der Waals surface area contributed by atoms with Crippen molar-refractivity contribution in [1.82, 2.24) is 0 Å². The molecule has 0 saturated heterocycles. The van der Waals surface area contributed by atoms with Crippen LogP contribution in [-0.2, 0) is 11.2 Å². The molecule has 1 N–H and O–H groups in total. The topological polar surface area (TPSA) is 56.8 Å². The predicted octanol–water partition coefficient (Wildman–Crippen LogP) is 5.07.